The third kappa shape index (κ3) is 6.14. The van der Waals surface area contributed by atoms with Gasteiger partial charge in [0.25, 0.3) is 11.8 Å². The van der Waals surface area contributed by atoms with Crippen molar-refractivity contribution in [3.63, 3.8) is 0 Å². The summed E-state index contributed by atoms with van der Waals surface area (Å²) in [5, 5.41) is 10.1. The van der Waals surface area contributed by atoms with Gasteiger partial charge in [0.15, 0.2) is 12.7 Å². The van der Waals surface area contributed by atoms with Crippen molar-refractivity contribution in [3.05, 3.63) is 58.7 Å². The van der Waals surface area contributed by atoms with E-state index in [0.717, 1.165) is 12.1 Å². The Morgan fingerprint density at radius 1 is 1.16 bits per heavy atom. The third-order valence-electron chi connectivity index (χ3n) is 4.32. The number of ether oxygens (including phenoxy) is 3. The van der Waals surface area contributed by atoms with E-state index in [9.17, 15) is 18.4 Å². The highest BCUT2D eigenvalue weighted by Crippen LogP contribution is 2.29. The van der Waals surface area contributed by atoms with Gasteiger partial charge in [-0.05, 0) is 13.0 Å². The summed E-state index contributed by atoms with van der Waals surface area (Å²) in [6.45, 7) is 1.03. The number of hydrogen-bond acceptors (Lipinski definition) is 6. The first-order chi connectivity index (χ1) is 15.2. The average Bonchev–Trinajstić information content (AvgIpc) is 2.74. The summed E-state index contributed by atoms with van der Waals surface area (Å²) in [4.78, 5) is 23.8. The van der Waals surface area contributed by atoms with Gasteiger partial charge in [-0.2, -0.15) is 0 Å². The summed E-state index contributed by atoms with van der Waals surface area (Å²) in [5.74, 6) is -3.63. The Bertz CT molecular complexity index is 993. The van der Waals surface area contributed by atoms with Gasteiger partial charge in [-0.15, -0.1) is 0 Å². The second-order valence-electron chi connectivity index (χ2n) is 6.55. The maximum absolute atomic E-state index is 14.5. The van der Waals surface area contributed by atoms with Gasteiger partial charge in [0.2, 0.25) is 0 Å². The zero-order valence-electron chi connectivity index (χ0n) is 17.5. The molecule has 0 aliphatic carbocycles. The molecule has 2 amide bonds. The number of carbonyl (C=O) groups excluding carboxylic acids is 2. The molecule has 0 saturated heterocycles. The van der Waals surface area contributed by atoms with Gasteiger partial charge < -0.3 is 31.0 Å². The normalized spacial score (nSPS) is 11.5. The maximum Gasteiger partial charge on any atom is 0.255 e. The molecule has 0 aliphatic heterocycles. The van der Waals surface area contributed by atoms with Crippen LogP contribution in [0.15, 0.2) is 30.3 Å². The summed E-state index contributed by atoms with van der Waals surface area (Å²) in [6, 6.07) is 6.36. The summed E-state index contributed by atoms with van der Waals surface area (Å²) < 4.78 is 44.4. The molecule has 172 valence electrons. The molecule has 1 atom stereocenters. The van der Waals surface area contributed by atoms with Gasteiger partial charge in [-0.3, -0.25) is 15.0 Å². The fraction of sp³-hybridized carbons (Fsp3) is 0.286. The SMILES string of the molecule is CCO[C@H](C(=O)NCc1ccc(C(=N)N)cc1OCC(N)=O)c1c(F)cc(OC)cc1F. The van der Waals surface area contributed by atoms with Gasteiger partial charge in [0, 0.05) is 36.4 Å². The van der Waals surface area contributed by atoms with Crippen molar-refractivity contribution >= 4 is 17.6 Å². The number of hydrogen-bond donors (Lipinski definition) is 4. The van der Waals surface area contributed by atoms with Crippen molar-refractivity contribution in [2.24, 2.45) is 11.5 Å². The topological polar surface area (TPSA) is 150 Å². The molecule has 0 heterocycles. The van der Waals surface area contributed by atoms with Crippen LogP contribution >= 0.6 is 0 Å². The number of nitrogens with one attached hydrogen (secondary N) is 2. The van der Waals surface area contributed by atoms with E-state index in [1.54, 1.807) is 6.92 Å². The molecule has 0 radical (unpaired) electrons. The van der Waals surface area contributed by atoms with Gasteiger partial charge in [0.1, 0.15) is 29.0 Å². The number of halogens is 2. The smallest absolute Gasteiger partial charge is 0.255 e. The first-order valence-corrected chi connectivity index (χ1v) is 9.48. The molecular weight excluding hydrogens is 426 g/mol. The van der Waals surface area contributed by atoms with Crippen LogP contribution in [0.4, 0.5) is 8.78 Å². The van der Waals surface area contributed by atoms with E-state index in [1.807, 2.05) is 0 Å². The number of carbonyl (C=O) groups is 2. The van der Waals surface area contributed by atoms with Crippen molar-refractivity contribution in [2.45, 2.75) is 19.6 Å². The van der Waals surface area contributed by atoms with E-state index in [-0.39, 0.29) is 30.5 Å². The van der Waals surface area contributed by atoms with Crippen molar-refractivity contribution in [2.75, 3.05) is 20.3 Å². The number of amides is 2. The van der Waals surface area contributed by atoms with Crippen LogP contribution in [-0.2, 0) is 20.9 Å². The summed E-state index contributed by atoms with van der Waals surface area (Å²) in [7, 11) is 1.26. The van der Waals surface area contributed by atoms with Crippen molar-refractivity contribution in [1.82, 2.24) is 5.32 Å². The average molecular weight is 450 g/mol. The molecule has 0 aliphatic rings. The van der Waals surface area contributed by atoms with E-state index >= 15 is 0 Å². The lowest BCUT2D eigenvalue weighted by molar-refractivity contribution is -0.133. The van der Waals surface area contributed by atoms with Crippen molar-refractivity contribution < 1.29 is 32.6 Å². The van der Waals surface area contributed by atoms with Crippen LogP contribution in [-0.4, -0.2) is 38.0 Å². The monoisotopic (exact) mass is 450 g/mol. The number of amidine groups is 1. The number of methoxy groups -OCH3 is 1. The molecule has 2 aromatic carbocycles. The molecule has 0 unspecified atom stereocenters. The molecular formula is C21H24F2N4O5. The Labute approximate surface area is 183 Å². The first-order valence-electron chi connectivity index (χ1n) is 9.48. The quantitative estimate of drug-likeness (QED) is 0.301. The molecule has 0 fully saturated rings. The van der Waals surface area contributed by atoms with Crippen LogP contribution in [0.3, 0.4) is 0 Å². The minimum absolute atomic E-state index is 0.0171. The predicted octanol–water partition coefficient (Wildman–Crippen LogP) is 1.52. The van der Waals surface area contributed by atoms with Crippen LogP contribution in [0.25, 0.3) is 0 Å². The lowest BCUT2D eigenvalue weighted by Gasteiger charge is -2.20. The minimum atomic E-state index is -1.56. The largest absolute Gasteiger partial charge is 0.497 e. The molecule has 2 rings (SSSR count). The lowest BCUT2D eigenvalue weighted by atomic mass is 10.1. The Morgan fingerprint density at radius 3 is 2.34 bits per heavy atom. The van der Waals surface area contributed by atoms with Crippen molar-refractivity contribution in [1.29, 1.82) is 5.41 Å². The molecule has 0 spiro atoms. The summed E-state index contributed by atoms with van der Waals surface area (Å²) in [5.41, 5.74) is 10.8. The Kier molecular flexibility index (Phi) is 8.47. The zero-order valence-corrected chi connectivity index (χ0v) is 17.5. The maximum atomic E-state index is 14.5. The van der Waals surface area contributed by atoms with Crippen LogP contribution in [0.2, 0.25) is 0 Å². The standard InChI is InChI=1S/C21H24F2N4O5/c1-3-31-19(18-14(22)7-13(30-2)8-15(18)23)21(29)27-9-12-5-4-11(20(25)26)6-16(12)32-10-17(24)28/h4-8,19H,3,9-10H2,1-2H3,(H2,24,28)(H3,25,26)(H,27,29)/t19-/m0/s1. The number of nitrogens with two attached hydrogens (primary N) is 2. The molecule has 0 bridgehead atoms. The lowest BCUT2D eigenvalue weighted by Crippen LogP contribution is -2.32. The van der Waals surface area contributed by atoms with Gasteiger partial charge in [-0.25, -0.2) is 8.78 Å². The second-order valence-corrected chi connectivity index (χ2v) is 6.55. The van der Waals surface area contributed by atoms with E-state index in [0.29, 0.717) is 11.1 Å². The van der Waals surface area contributed by atoms with Gasteiger partial charge in [-0.1, -0.05) is 12.1 Å². The Morgan fingerprint density at radius 2 is 1.81 bits per heavy atom. The number of benzene rings is 2. The Hall–Kier alpha value is -3.73. The fourth-order valence-electron chi connectivity index (χ4n) is 2.81. The summed E-state index contributed by atoms with van der Waals surface area (Å²) >= 11 is 0. The molecule has 9 nitrogen and oxygen atoms in total. The first kappa shape index (κ1) is 24.5. The van der Waals surface area contributed by atoms with E-state index in [2.05, 4.69) is 5.32 Å². The van der Waals surface area contributed by atoms with Crippen molar-refractivity contribution in [3.8, 4) is 11.5 Å². The fourth-order valence-corrected chi connectivity index (χ4v) is 2.81. The highest BCUT2D eigenvalue weighted by Gasteiger charge is 2.28. The van der Waals surface area contributed by atoms with E-state index in [4.69, 9.17) is 31.1 Å². The minimum Gasteiger partial charge on any atom is -0.497 e. The van der Waals surface area contributed by atoms with Gasteiger partial charge >= 0.3 is 0 Å². The predicted molar refractivity (Wildman–Crippen MR) is 111 cm³/mol. The van der Waals surface area contributed by atoms with Crippen LogP contribution in [0.5, 0.6) is 11.5 Å². The molecule has 2 aromatic rings. The van der Waals surface area contributed by atoms with Crippen LogP contribution in [0, 0.1) is 17.0 Å². The third-order valence-corrected chi connectivity index (χ3v) is 4.32. The second kappa shape index (κ2) is 11.0. The number of nitrogen functional groups attached to an aromatic ring is 1. The highest BCUT2D eigenvalue weighted by atomic mass is 19.1. The summed E-state index contributed by atoms with van der Waals surface area (Å²) in [6.07, 6.45) is -1.56. The van der Waals surface area contributed by atoms with E-state index < -0.39 is 41.7 Å². The molecule has 11 heteroatoms. The van der Waals surface area contributed by atoms with E-state index in [1.165, 1.54) is 25.3 Å². The molecule has 0 aromatic heterocycles. The molecule has 6 N–H and O–H groups in total. The highest BCUT2D eigenvalue weighted by molar-refractivity contribution is 5.95. The Balaban J connectivity index is 2.27. The molecule has 0 saturated carbocycles. The van der Waals surface area contributed by atoms with Crippen LogP contribution < -0.4 is 26.3 Å². The zero-order chi connectivity index (χ0) is 23.8. The number of rotatable bonds is 11. The van der Waals surface area contributed by atoms with Crippen LogP contribution in [0.1, 0.15) is 29.7 Å². The van der Waals surface area contributed by atoms with Gasteiger partial charge in [0.05, 0.1) is 12.7 Å². The number of primary amides is 1. The molecule has 32 heavy (non-hydrogen) atoms.